The summed E-state index contributed by atoms with van der Waals surface area (Å²) < 4.78 is 0. The highest BCUT2D eigenvalue weighted by atomic mass is 14.7. The van der Waals surface area contributed by atoms with Gasteiger partial charge in [0, 0.05) is 6.04 Å². The Labute approximate surface area is 76.7 Å². The molecule has 0 saturated heterocycles. The third kappa shape index (κ3) is 2.48. The third-order valence-corrected chi connectivity index (χ3v) is 3.18. The third-order valence-electron chi connectivity index (χ3n) is 3.18. The second kappa shape index (κ2) is 3.37. The zero-order valence-electron chi connectivity index (χ0n) is 8.93. The molecular formula is C11H23N. The molecule has 0 aliphatic heterocycles. The molecule has 1 heteroatoms. The fourth-order valence-corrected chi connectivity index (χ4v) is 1.97. The molecule has 0 heterocycles. The van der Waals surface area contributed by atoms with Crippen LogP contribution in [0, 0.1) is 17.3 Å². The smallest absolute Gasteiger partial charge is 0.00725 e. The first kappa shape index (κ1) is 10.0. The van der Waals surface area contributed by atoms with E-state index in [1.807, 2.05) is 0 Å². The summed E-state index contributed by atoms with van der Waals surface area (Å²) in [5.74, 6) is 1.61. The Bertz CT molecular complexity index is 149. The summed E-state index contributed by atoms with van der Waals surface area (Å²) in [6.07, 6.45) is 3.84. The van der Waals surface area contributed by atoms with E-state index in [1.54, 1.807) is 0 Å². The Morgan fingerprint density at radius 3 is 2.17 bits per heavy atom. The molecule has 12 heavy (non-hydrogen) atoms. The van der Waals surface area contributed by atoms with Crippen molar-refractivity contribution in [3.8, 4) is 0 Å². The van der Waals surface area contributed by atoms with Gasteiger partial charge in [-0.15, -0.1) is 0 Å². The lowest BCUT2D eigenvalue weighted by Gasteiger charge is -2.14. The second-order valence-electron chi connectivity index (χ2n) is 5.43. The quantitative estimate of drug-likeness (QED) is 0.688. The lowest BCUT2D eigenvalue weighted by Crippen LogP contribution is -2.25. The van der Waals surface area contributed by atoms with Gasteiger partial charge < -0.3 is 5.73 Å². The van der Waals surface area contributed by atoms with Crippen LogP contribution in [0.5, 0.6) is 0 Å². The lowest BCUT2D eigenvalue weighted by atomic mass is 9.97. The van der Waals surface area contributed by atoms with E-state index in [-0.39, 0.29) is 0 Å². The van der Waals surface area contributed by atoms with Crippen LogP contribution in [0.1, 0.15) is 47.0 Å². The topological polar surface area (TPSA) is 26.0 Å². The van der Waals surface area contributed by atoms with Crippen molar-refractivity contribution in [3.05, 3.63) is 0 Å². The van der Waals surface area contributed by atoms with Crippen LogP contribution in [0.25, 0.3) is 0 Å². The number of hydrogen-bond acceptors (Lipinski definition) is 1. The Morgan fingerprint density at radius 2 is 1.83 bits per heavy atom. The van der Waals surface area contributed by atoms with Gasteiger partial charge in [-0.1, -0.05) is 27.7 Å². The van der Waals surface area contributed by atoms with Crippen LogP contribution in [0.2, 0.25) is 0 Å². The molecule has 0 radical (unpaired) electrons. The van der Waals surface area contributed by atoms with Gasteiger partial charge in [0.15, 0.2) is 0 Å². The minimum absolute atomic E-state index is 0.461. The SMILES string of the molecule is CC(C)CCC(N)C1CC1(C)C. The van der Waals surface area contributed by atoms with E-state index in [2.05, 4.69) is 27.7 Å². The normalized spacial score (nSPS) is 29.0. The highest BCUT2D eigenvalue weighted by molar-refractivity contribution is 5.00. The molecule has 0 bridgehead atoms. The lowest BCUT2D eigenvalue weighted by molar-refractivity contribution is 0.420. The van der Waals surface area contributed by atoms with Gasteiger partial charge in [0.1, 0.15) is 0 Å². The first-order valence-electron chi connectivity index (χ1n) is 5.19. The molecule has 2 N–H and O–H groups in total. The first-order chi connectivity index (χ1) is 5.43. The van der Waals surface area contributed by atoms with Gasteiger partial charge in [0.2, 0.25) is 0 Å². The molecule has 1 aliphatic rings. The maximum atomic E-state index is 6.10. The summed E-state index contributed by atoms with van der Waals surface area (Å²) in [4.78, 5) is 0. The van der Waals surface area contributed by atoms with E-state index in [1.165, 1.54) is 19.3 Å². The maximum absolute atomic E-state index is 6.10. The first-order valence-corrected chi connectivity index (χ1v) is 5.19. The van der Waals surface area contributed by atoms with Crippen LogP contribution in [0.15, 0.2) is 0 Å². The number of hydrogen-bond donors (Lipinski definition) is 1. The van der Waals surface area contributed by atoms with E-state index >= 15 is 0 Å². The van der Waals surface area contributed by atoms with Crippen LogP contribution in [0.3, 0.4) is 0 Å². The van der Waals surface area contributed by atoms with Crippen LogP contribution in [0.4, 0.5) is 0 Å². The van der Waals surface area contributed by atoms with Gasteiger partial charge in [-0.05, 0) is 36.5 Å². The predicted molar refractivity (Wildman–Crippen MR) is 53.9 cm³/mol. The van der Waals surface area contributed by atoms with Crippen molar-refractivity contribution in [3.63, 3.8) is 0 Å². The second-order valence-corrected chi connectivity index (χ2v) is 5.43. The zero-order valence-corrected chi connectivity index (χ0v) is 8.93. The monoisotopic (exact) mass is 169 g/mol. The van der Waals surface area contributed by atoms with Gasteiger partial charge in [-0.3, -0.25) is 0 Å². The molecule has 2 unspecified atom stereocenters. The largest absolute Gasteiger partial charge is 0.327 e. The van der Waals surface area contributed by atoms with Crippen molar-refractivity contribution < 1.29 is 0 Å². The van der Waals surface area contributed by atoms with E-state index in [0.717, 1.165) is 11.8 Å². The Kier molecular flexibility index (Phi) is 2.82. The molecule has 0 amide bonds. The molecule has 1 fully saturated rings. The van der Waals surface area contributed by atoms with Crippen molar-refractivity contribution in [2.75, 3.05) is 0 Å². The molecule has 1 aliphatic carbocycles. The molecule has 1 saturated carbocycles. The van der Waals surface area contributed by atoms with E-state index in [0.29, 0.717) is 11.5 Å². The van der Waals surface area contributed by atoms with Gasteiger partial charge in [-0.2, -0.15) is 0 Å². The molecule has 2 atom stereocenters. The Hall–Kier alpha value is -0.0400. The molecule has 0 aromatic carbocycles. The number of rotatable bonds is 4. The standard InChI is InChI=1S/C11H23N/c1-8(2)5-6-10(12)9-7-11(9,3)4/h8-10H,5-7,12H2,1-4H3. The van der Waals surface area contributed by atoms with Gasteiger partial charge in [0.25, 0.3) is 0 Å². The number of nitrogens with two attached hydrogens (primary N) is 1. The van der Waals surface area contributed by atoms with Crippen molar-refractivity contribution in [1.29, 1.82) is 0 Å². The van der Waals surface area contributed by atoms with Gasteiger partial charge >= 0.3 is 0 Å². The summed E-state index contributed by atoms with van der Waals surface area (Å²) >= 11 is 0. The zero-order chi connectivity index (χ0) is 9.35. The van der Waals surface area contributed by atoms with Crippen LogP contribution >= 0.6 is 0 Å². The Balaban J connectivity index is 2.18. The molecule has 1 nitrogen and oxygen atoms in total. The average molecular weight is 169 g/mol. The average Bonchev–Trinajstić information content (AvgIpc) is 2.55. The molecule has 0 aromatic heterocycles. The predicted octanol–water partition coefficient (Wildman–Crippen LogP) is 2.80. The molecular weight excluding hydrogens is 146 g/mol. The van der Waals surface area contributed by atoms with Crippen molar-refractivity contribution in [2.45, 2.75) is 53.0 Å². The summed E-state index contributed by atoms with van der Waals surface area (Å²) in [5, 5.41) is 0. The van der Waals surface area contributed by atoms with E-state index in [9.17, 15) is 0 Å². The summed E-state index contributed by atoms with van der Waals surface area (Å²) in [5.41, 5.74) is 6.65. The Morgan fingerprint density at radius 1 is 1.33 bits per heavy atom. The van der Waals surface area contributed by atoms with E-state index in [4.69, 9.17) is 5.73 Å². The van der Waals surface area contributed by atoms with Crippen LogP contribution < -0.4 is 5.73 Å². The van der Waals surface area contributed by atoms with Crippen LogP contribution in [-0.4, -0.2) is 6.04 Å². The highest BCUT2D eigenvalue weighted by Gasteiger charge is 2.48. The van der Waals surface area contributed by atoms with Gasteiger partial charge in [0.05, 0.1) is 0 Å². The fraction of sp³-hybridized carbons (Fsp3) is 1.00. The molecule has 1 rings (SSSR count). The van der Waals surface area contributed by atoms with Crippen LogP contribution in [-0.2, 0) is 0 Å². The van der Waals surface area contributed by atoms with Crippen molar-refractivity contribution in [2.24, 2.45) is 23.0 Å². The molecule has 0 spiro atoms. The van der Waals surface area contributed by atoms with Crippen molar-refractivity contribution >= 4 is 0 Å². The minimum atomic E-state index is 0.461. The fourth-order valence-electron chi connectivity index (χ4n) is 1.97. The molecule has 72 valence electrons. The van der Waals surface area contributed by atoms with Crippen molar-refractivity contribution in [1.82, 2.24) is 0 Å². The summed E-state index contributed by atoms with van der Waals surface area (Å²) in [6, 6.07) is 0.461. The highest BCUT2D eigenvalue weighted by Crippen LogP contribution is 2.53. The minimum Gasteiger partial charge on any atom is -0.327 e. The summed E-state index contributed by atoms with van der Waals surface area (Å²) in [7, 11) is 0. The molecule has 0 aromatic rings. The summed E-state index contributed by atoms with van der Waals surface area (Å²) in [6.45, 7) is 9.19. The van der Waals surface area contributed by atoms with E-state index < -0.39 is 0 Å². The maximum Gasteiger partial charge on any atom is 0.00725 e. The van der Waals surface area contributed by atoms with Gasteiger partial charge in [-0.25, -0.2) is 0 Å².